The molecular weight excluding hydrogens is 590 g/mol. The fourth-order valence-corrected chi connectivity index (χ4v) is 7.25. The van der Waals surface area contributed by atoms with Crippen molar-refractivity contribution >= 4 is 35.2 Å². The minimum atomic E-state index is -1.65. The van der Waals surface area contributed by atoms with Gasteiger partial charge in [-0.25, -0.2) is 14.5 Å². The number of anilines is 1. The van der Waals surface area contributed by atoms with Crippen LogP contribution in [0.2, 0.25) is 0 Å². The number of nitrogens with zero attached hydrogens (tertiary/aromatic N) is 1. The van der Waals surface area contributed by atoms with Crippen LogP contribution in [0.5, 0.6) is 11.5 Å². The highest BCUT2D eigenvalue weighted by Crippen LogP contribution is 2.61. The largest absolute Gasteiger partial charge is 0.497 e. The molecule has 238 valence electrons. The summed E-state index contributed by atoms with van der Waals surface area (Å²) >= 11 is 0. The summed E-state index contributed by atoms with van der Waals surface area (Å²) in [5.41, 5.74) is -1.02. The van der Waals surface area contributed by atoms with Gasteiger partial charge >= 0.3 is 12.1 Å². The number of carbonyl (C=O) groups excluding carboxylic acids is 5. The molecule has 46 heavy (non-hydrogen) atoms. The summed E-state index contributed by atoms with van der Waals surface area (Å²) < 4.78 is 22.7. The SMILES string of the molecule is CCOC(=O)C(=O)[C@@H]1[C@H]2Oc3ccccc3C(=O)[C@@H]2C[C@@]2(C(=O)N(C(=O)OC(C)(C)C)c3ccccc32)[C@H]1c1ccc(OC)cc1. The number of fused-ring (bicyclic) bond motifs is 4. The molecule has 0 aromatic heterocycles. The third-order valence-corrected chi connectivity index (χ3v) is 8.98. The predicted octanol–water partition coefficient (Wildman–Crippen LogP) is 5.41. The summed E-state index contributed by atoms with van der Waals surface area (Å²) in [6.45, 7) is 6.62. The van der Waals surface area contributed by atoms with Gasteiger partial charge in [0.1, 0.15) is 23.2 Å². The molecule has 1 spiro atoms. The second-order valence-electron chi connectivity index (χ2n) is 12.7. The van der Waals surface area contributed by atoms with Crippen LogP contribution in [0.1, 0.15) is 61.5 Å². The van der Waals surface area contributed by atoms with Crippen LogP contribution in [0.25, 0.3) is 0 Å². The van der Waals surface area contributed by atoms with E-state index < -0.39 is 58.6 Å². The summed E-state index contributed by atoms with van der Waals surface area (Å²) in [5, 5.41) is 0. The number of ether oxygens (including phenoxy) is 4. The fourth-order valence-electron chi connectivity index (χ4n) is 7.25. The van der Waals surface area contributed by atoms with Crippen molar-refractivity contribution in [1.29, 1.82) is 0 Å². The molecule has 10 heteroatoms. The van der Waals surface area contributed by atoms with E-state index in [0.717, 1.165) is 4.90 Å². The number of hydrogen-bond donors (Lipinski definition) is 0. The first-order chi connectivity index (χ1) is 21.9. The third-order valence-electron chi connectivity index (χ3n) is 8.98. The van der Waals surface area contributed by atoms with Crippen LogP contribution < -0.4 is 14.4 Å². The first-order valence-electron chi connectivity index (χ1n) is 15.2. The number of amides is 2. The minimum Gasteiger partial charge on any atom is -0.497 e. The Bertz CT molecular complexity index is 1740. The van der Waals surface area contributed by atoms with E-state index in [2.05, 4.69) is 0 Å². The second-order valence-corrected chi connectivity index (χ2v) is 12.7. The van der Waals surface area contributed by atoms with Crippen molar-refractivity contribution in [3.05, 3.63) is 89.5 Å². The highest BCUT2D eigenvalue weighted by molar-refractivity contribution is 6.35. The maximum absolute atomic E-state index is 15.1. The second kappa shape index (κ2) is 11.4. The van der Waals surface area contributed by atoms with Gasteiger partial charge in [-0.1, -0.05) is 42.5 Å². The Morgan fingerprint density at radius 2 is 1.63 bits per heavy atom. The number of benzene rings is 3. The van der Waals surface area contributed by atoms with Crippen molar-refractivity contribution in [3.63, 3.8) is 0 Å². The van der Waals surface area contributed by atoms with E-state index in [4.69, 9.17) is 18.9 Å². The summed E-state index contributed by atoms with van der Waals surface area (Å²) in [5.74, 6) is -5.60. The molecule has 1 saturated carbocycles. The van der Waals surface area contributed by atoms with Crippen LogP contribution in [-0.2, 0) is 29.3 Å². The zero-order chi connectivity index (χ0) is 33.0. The standard InChI is InChI=1S/C36H35NO9/c1-6-44-32(40)30(39)27-28(20-15-17-21(43-5)18-16-20)36(19-23-29(38)22-11-7-10-14-26(22)45-31(23)27)24-12-8-9-13-25(24)37(33(36)41)34(42)46-35(2,3)4/h7-18,23,27-28,31H,6,19H2,1-5H3/t23-,27+,28-,31-,36-/m0/s1. The van der Waals surface area contributed by atoms with E-state index in [0.29, 0.717) is 22.4 Å². The predicted molar refractivity (Wildman–Crippen MR) is 166 cm³/mol. The highest BCUT2D eigenvalue weighted by Gasteiger charge is 2.68. The van der Waals surface area contributed by atoms with Crippen molar-refractivity contribution < 1.29 is 42.9 Å². The number of rotatable bonds is 5. The van der Waals surface area contributed by atoms with Crippen LogP contribution in [0.3, 0.4) is 0 Å². The average molecular weight is 626 g/mol. The van der Waals surface area contributed by atoms with E-state index in [-0.39, 0.29) is 30.2 Å². The van der Waals surface area contributed by atoms with Gasteiger partial charge in [-0.2, -0.15) is 0 Å². The summed E-state index contributed by atoms with van der Waals surface area (Å²) in [6, 6.07) is 20.3. The number of Topliss-reactive ketones (excluding diaryl/α,β-unsaturated/α-hetero) is 2. The van der Waals surface area contributed by atoms with Crippen molar-refractivity contribution in [2.75, 3.05) is 18.6 Å². The lowest BCUT2D eigenvalue weighted by Gasteiger charge is -2.51. The lowest BCUT2D eigenvalue weighted by atomic mass is 9.51. The first kappa shape index (κ1) is 31.0. The Labute approximate surface area is 266 Å². The Balaban J connectivity index is 1.64. The molecule has 2 aliphatic heterocycles. The molecule has 2 heterocycles. The molecule has 1 fully saturated rings. The van der Waals surface area contributed by atoms with Crippen LogP contribution in [0, 0.1) is 11.8 Å². The Kier molecular flexibility index (Phi) is 7.70. The van der Waals surface area contributed by atoms with Gasteiger partial charge in [0, 0.05) is 5.92 Å². The number of ketones is 2. The fraction of sp³-hybridized carbons (Fsp3) is 0.361. The third kappa shape index (κ3) is 4.83. The summed E-state index contributed by atoms with van der Waals surface area (Å²) in [7, 11) is 1.52. The summed E-state index contributed by atoms with van der Waals surface area (Å²) in [4.78, 5) is 71.7. The molecule has 0 saturated heterocycles. The van der Waals surface area contributed by atoms with Crippen molar-refractivity contribution in [2.45, 2.75) is 57.2 Å². The van der Waals surface area contributed by atoms with E-state index in [1.807, 2.05) is 0 Å². The Morgan fingerprint density at radius 1 is 0.957 bits per heavy atom. The number of esters is 1. The molecule has 2 amide bonds. The lowest BCUT2D eigenvalue weighted by molar-refractivity contribution is -0.160. The Hall–Kier alpha value is -4.99. The zero-order valence-electron chi connectivity index (χ0n) is 26.3. The molecule has 0 bridgehead atoms. The molecule has 3 aromatic carbocycles. The molecule has 1 aliphatic carbocycles. The topological polar surface area (TPSA) is 126 Å². The van der Waals surface area contributed by atoms with E-state index in [1.165, 1.54) is 7.11 Å². The first-order valence-corrected chi connectivity index (χ1v) is 15.2. The maximum atomic E-state index is 15.1. The maximum Gasteiger partial charge on any atom is 0.421 e. The van der Waals surface area contributed by atoms with Gasteiger partial charge in [0.25, 0.3) is 0 Å². The molecule has 3 aliphatic rings. The van der Waals surface area contributed by atoms with Crippen molar-refractivity contribution in [1.82, 2.24) is 0 Å². The Morgan fingerprint density at radius 3 is 2.30 bits per heavy atom. The van der Waals surface area contributed by atoms with Crippen LogP contribution in [0.15, 0.2) is 72.8 Å². The molecular formula is C36H35NO9. The van der Waals surface area contributed by atoms with Gasteiger partial charge in [0.15, 0.2) is 5.78 Å². The van der Waals surface area contributed by atoms with Gasteiger partial charge in [-0.05, 0) is 75.6 Å². The van der Waals surface area contributed by atoms with Crippen molar-refractivity contribution in [3.8, 4) is 11.5 Å². The van der Waals surface area contributed by atoms with Crippen LogP contribution >= 0.6 is 0 Å². The number of carbonyl (C=O) groups is 5. The quantitative estimate of drug-likeness (QED) is 0.270. The van der Waals surface area contributed by atoms with Crippen molar-refractivity contribution in [2.24, 2.45) is 11.8 Å². The lowest BCUT2D eigenvalue weighted by Crippen LogP contribution is -2.62. The minimum absolute atomic E-state index is 0.0550. The number of hydrogen-bond acceptors (Lipinski definition) is 9. The van der Waals surface area contributed by atoms with Gasteiger partial charge in [0.2, 0.25) is 11.7 Å². The number of methoxy groups -OCH3 is 1. The molecule has 5 atom stereocenters. The molecule has 0 unspecified atom stereocenters. The summed E-state index contributed by atoms with van der Waals surface area (Å²) in [6.07, 6.45) is -2.08. The van der Waals surface area contributed by atoms with Gasteiger partial charge in [-0.3, -0.25) is 14.4 Å². The smallest absolute Gasteiger partial charge is 0.421 e. The normalized spacial score (nSPS) is 24.8. The molecule has 10 nitrogen and oxygen atoms in total. The monoisotopic (exact) mass is 625 g/mol. The van der Waals surface area contributed by atoms with Gasteiger partial charge < -0.3 is 18.9 Å². The zero-order valence-corrected chi connectivity index (χ0v) is 26.3. The highest BCUT2D eigenvalue weighted by atomic mass is 16.6. The molecule has 0 N–H and O–H groups in total. The van der Waals surface area contributed by atoms with E-state index in [9.17, 15) is 19.2 Å². The molecule has 0 radical (unpaired) electrons. The average Bonchev–Trinajstić information content (AvgIpc) is 3.27. The van der Waals surface area contributed by atoms with Gasteiger partial charge in [-0.15, -0.1) is 0 Å². The van der Waals surface area contributed by atoms with E-state index >= 15 is 4.79 Å². The van der Waals surface area contributed by atoms with E-state index in [1.54, 1.807) is 100 Å². The number of imide groups is 1. The van der Waals surface area contributed by atoms with Gasteiger partial charge in [0.05, 0.1) is 42.2 Å². The number of para-hydroxylation sites is 2. The molecule has 6 rings (SSSR count). The molecule has 3 aromatic rings. The van der Waals surface area contributed by atoms with Crippen LogP contribution in [-0.4, -0.2) is 55.0 Å². The van der Waals surface area contributed by atoms with Crippen LogP contribution in [0.4, 0.5) is 10.5 Å².